The van der Waals surface area contributed by atoms with Gasteiger partial charge in [0.1, 0.15) is 5.82 Å². The summed E-state index contributed by atoms with van der Waals surface area (Å²) in [6.45, 7) is -1.57. The van der Waals surface area contributed by atoms with Crippen molar-refractivity contribution in [2.75, 3.05) is 18.7 Å². The first-order chi connectivity index (χ1) is 14.3. The monoisotopic (exact) mass is 419 g/mol. The van der Waals surface area contributed by atoms with Gasteiger partial charge in [-0.2, -0.15) is 13.2 Å². The molecule has 3 aromatic rings. The number of ether oxygens (including phenoxy) is 1. The Morgan fingerprint density at radius 1 is 1.10 bits per heavy atom. The highest BCUT2D eigenvalue weighted by molar-refractivity contribution is 6.06. The largest absolute Gasteiger partial charge is 0.468 e. The van der Waals surface area contributed by atoms with Gasteiger partial charge in [0.15, 0.2) is 6.61 Å². The molecule has 3 rings (SSSR count). The number of hydrogen-bond acceptors (Lipinski definition) is 4. The van der Waals surface area contributed by atoms with Crippen LogP contribution < -0.4 is 15.2 Å². The molecule has 0 atom stereocenters. The number of nitrogens with zero attached hydrogens (tertiary/aromatic N) is 2. The number of aromatic nitrogens is 1. The molecule has 0 aliphatic carbocycles. The lowest BCUT2D eigenvalue weighted by molar-refractivity contribution is -0.154. The predicted molar refractivity (Wildman–Crippen MR) is 103 cm³/mol. The number of carbonyl (C=O) groups excluding carboxylic acids is 1. The van der Waals surface area contributed by atoms with Gasteiger partial charge < -0.3 is 4.74 Å². The molecular formula is C21H17F4N3O2. The van der Waals surface area contributed by atoms with E-state index in [1.54, 1.807) is 37.4 Å². The summed E-state index contributed by atoms with van der Waals surface area (Å²) in [6.07, 6.45) is -3.46. The zero-order chi connectivity index (χ0) is 21.7. The van der Waals surface area contributed by atoms with Crippen molar-refractivity contribution in [3.63, 3.8) is 0 Å². The zero-order valence-corrected chi connectivity index (χ0v) is 15.8. The Hall–Kier alpha value is -3.46. The second-order valence-electron chi connectivity index (χ2n) is 6.19. The average molecular weight is 419 g/mol. The predicted octanol–water partition coefficient (Wildman–Crippen LogP) is 4.61. The second-order valence-corrected chi connectivity index (χ2v) is 6.19. The van der Waals surface area contributed by atoms with E-state index >= 15 is 0 Å². The number of anilines is 1. The van der Waals surface area contributed by atoms with Crippen LogP contribution in [0.1, 0.15) is 10.4 Å². The van der Waals surface area contributed by atoms with E-state index in [0.717, 1.165) is 12.3 Å². The molecule has 30 heavy (non-hydrogen) atoms. The van der Waals surface area contributed by atoms with Crippen molar-refractivity contribution in [2.24, 2.45) is 0 Å². The Kier molecular flexibility index (Phi) is 6.31. The van der Waals surface area contributed by atoms with Crippen molar-refractivity contribution in [1.82, 2.24) is 10.4 Å². The summed E-state index contributed by atoms with van der Waals surface area (Å²) in [5, 5.41) is 1.25. The van der Waals surface area contributed by atoms with Gasteiger partial charge in [0, 0.05) is 18.8 Å². The standard InChI is InChI=1S/C21H17F4N3O2/c1-26-28(17-8-3-2-4-9-17)20(29)15-11-18(14-6-5-7-16(22)10-14)19(27-12-15)30-13-21(23,24)25/h2-12,26H,13H2,1H3. The normalized spacial score (nSPS) is 11.2. The molecule has 0 aliphatic rings. The highest BCUT2D eigenvalue weighted by atomic mass is 19.4. The number of amides is 1. The molecule has 0 saturated heterocycles. The van der Waals surface area contributed by atoms with Crippen LogP contribution in [0.5, 0.6) is 5.88 Å². The van der Waals surface area contributed by atoms with Crippen LogP contribution >= 0.6 is 0 Å². The number of alkyl halides is 3. The minimum absolute atomic E-state index is 0.0636. The molecule has 1 N–H and O–H groups in total. The SMILES string of the molecule is CNN(C(=O)c1cnc(OCC(F)(F)F)c(-c2cccc(F)c2)c1)c1ccccc1. The maximum atomic E-state index is 13.7. The molecule has 0 fully saturated rings. The number of halogens is 4. The van der Waals surface area contributed by atoms with Crippen LogP contribution in [-0.4, -0.2) is 30.7 Å². The first kappa shape index (κ1) is 21.3. The van der Waals surface area contributed by atoms with E-state index in [2.05, 4.69) is 10.4 Å². The summed E-state index contributed by atoms with van der Waals surface area (Å²) < 4.78 is 56.3. The molecule has 0 radical (unpaired) electrons. The molecule has 1 aromatic heterocycles. The summed E-state index contributed by atoms with van der Waals surface area (Å²) in [5.74, 6) is -1.45. The molecule has 0 aliphatic heterocycles. The first-order valence-corrected chi connectivity index (χ1v) is 8.81. The van der Waals surface area contributed by atoms with Gasteiger partial charge in [-0.15, -0.1) is 0 Å². The van der Waals surface area contributed by atoms with Crippen molar-refractivity contribution in [3.05, 3.63) is 78.2 Å². The van der Waals surface area contributed by atoms with Crippen molar-refractivity contribution in [1.29, 1.82) is 0 Å². The van der Waals surface area contributed by atoms with Gasteiger partial charge in [-0.05, 0) is 35.9 Å². The summed E-state index contributed by atoms with van der Waals surface area (Å²) in [5.41, 5.74) is 3.68. The van der Waals surface area contributed by atoms with E-state index in [0.29, 0.717) is 5.69 Å². The highest BCUT2D eigenvalue weighted by Gasteiger charge is 2.29. The molecule has 0 bridgehead atoms. The third-order valence-electron chi connectivity index (χ3n) is 4.05. The van der Waals surface area contributed by atoms with Crippen LogP contribution in [0.3, 0.4) is 0 Å². The minimum Gasteiger partial charge on any atom is -0.468 e. The van der Waals surface area contributed by atoms with Gasteiger partial charge in [-0.1, -0.05) is 30.3 Å². The fraction of sp³-hybridized carbons (Fsp3) is 0.143. The lowest BCUT2D eigenvalue weighted by Crippen LogP contribution is -2.40. The number of hydrogen-bond donors (Lipinski definition) is 1. The molecule has 0 unspecified atom stereocenters. The Labute approximate surface area is 169 Å². The Balaban J connectivity index is 2.02. The van der Waals surface area contributed by atoms with E-state index in [-0.39, 0.29) is 22.6 Å². The number of carbonyl (C=O) groups is 1. The average Bonchev–Trinajstić information content (AvgIpc) is 2.73. The van der Waals surface area contributed by atoms with Gasteiger partial charge in [0.2, 0.25) is 5.88 Å². The number of pyridine rings is 1. The third kappa shape index (κ3) is 5.12. The summed E-state index contributed by atoms with van der Waals surface area (Å²) in [4.78, 5) is 16.9. The van der Waals surface area contributed by atoms with Crippen LogP contribution in [0.4, 0.5) is 23.2 Å². The molecule has 9 heteroatoms. The van der Waals surface area contributed by atoms with E-state index in [1.807, 2.05) is 0 Å². The molecular weight excluding hydrogens is 402 g/mol. The number of hydrazine groups is 1. The van der Waals surface area contributed by atoms with Crippen LogP contribution in [0, 0.1) is 5.82 Å². The Morgan fingerprint density at radius 3 is 2.47 bits per heavy atom. The van der Waals surface area contributed by atoms with Crippen molar-refractivity contribution in [3.8, 4) is 17.0 Å². The molecule has 0 saturated carbocycles. The first-order valence-electron chi connectivity index (χ1n) is 8.81. The summed E-state index contributed by atoms with van der Waals surface area (Å²) in [7, 11) is 1.55. The van der Waals surface area contributed by atoms with E-state index in [9.17, 15) is 22.4 Å². The zero-order valence-electron chi connectivity index (χ0n) is 15.8. The maximum Gasteiger partial charge on any atom is 0.422 e. The fourth-order valence-electron chi connectivity index (χ4n) is 2.75. The Bertz CT molecular complexity index is 1030. The molecule has 2 aromatic carbocycles. The van der Waals surface area contributed by atoms with Gasteiger partial charge in [0.05, 0.1) is 11.3 Å². The van der Waals surface area contributed by atoms with Crippen LogP contribution in [0.25, 0.3) is 11.1 Å². The van der Waals surface area contributed by atoms with Crippen molar-refractivity contribution >= 4 is 11.6 Å². The van der Waals surface area contributed by atoms with E-state index < -0.39 is 24.5 Å². The van der Waals surface area contributed by atoms with E-state index in [4.69, 9.17) is 4.74 Å². The topological polar surface area (TPSA) is 54.5 Å². The quantitative estimate of drug-likeness (QED) is 0.468. The smallest absolute Gasteiger partial charge is 0.422 e. The number of rotatable bonds is 6. The lowest BCUT2D eigenvalue weighted by Gasteiger charge is -2.22. The lowest BCUT2D eigenvalue weighted by atomic mass is 10.0. The van der Waals surface area contributed by atoms with Gasteiger partial charge in [0.25, 0.3) is 5.91 Å². The molecule has 5 nitrogen and oxygen atoms in total. The molecule has 0 spiro atoms. The van der Waals surface area contributed by atoms with Crippen molar-refractivity contribution < 1.29 is 27.1 Å². The van der Waals surface area contributed by atoms with Crippen molar-refractivity contribution in [2.45, 2.75) is 6.18 Å². The molecule has 1 amide bonds. The number of nitrogens with one attached hydrogen (secondary N) is 1. The fourth-order valence-corrected chi connectivity index (χ4v) is 2.75. The van der Waals surface area contributed by atoms with Gasteiger partial charge in [-0.25, -0.2) is 19.8 Å². The third-order valence-corrected chi connectivity index (χ3v) is 4.05. The minimum atomic E-state index is -4.58. The van der Waals surface area contributed by atoms with Gasteiger partial charge >= 0.3 is 6.18 Å². The second kappa shape index (κ2) is 8.91. The number of para-hydroxylation sites is 1. The van der Waals surface area contributed by atoms with Crippen LogP contribution in [0.15, 0.2) is 66.9 Å². The van der Waals surface area contributed by atoms with Crippen LogP contribution in [0.2, 0.25) is 0 Å². The van der Waals surface area contributed by atoms with Crippen LogP contribution in [-0.2, 0) is 0 Å². The maximum absolute atomic E-state index is 13.7. The molecule has 1 heterocycles. The summed E-state index contributed by atoms with van der Waals surface area (Å²) in [6, 6.07) is 15.2. The highest BCUT2D eigenvalue weighted by Crippen LogP contribution is 2.31. The van der Waals surface area contributed by atoms with Gasteiger partial charge in [-0.3, -0.25) is 4.79 Å². The summed E-state index contributed by atoms with van der Waals surface area (Å²) >= 11 is 0. The number of benzene rings is 2. The Morgan fingerprint density at radius 2 is 1.83 bits per heavy atom. The molecule has 156 valence electrons. The van der Waals surface area contributed by atoms with E-state index in [1.165, 1.54) is 29.3 Å².